The fourth-order valence-corrected chi connectivity index (χ4v) is 2.65. The van der Waals surface area contributed by atoms with Crippen LogP contribution in [0.1, 0.15) is 44.0 Å². The molecule has 1 unspecified atom stereocenters. The van der Waals surface area contributed by atoms with Crippen LogP contribution in [0.5, 0.6) is 0 Å². The molecule has 1 heterocycles. The SMILES string of the molecule is CCNC(=NCC(CCO)CC(C)C)NCCNC(=O)c1cccnc1.I. The summed E-state index contributed by atoms with van der Waals surface area (Å²) >= 11 is 0. The van der Waals surface area contributed by atoms with Crippen molar-refractivity contribution in [2.75, 3.05) is 32.8 Å². The minimum Gasteiger partial charge on any atom is -0.396 e. The summed E-state index contributed by atoms with van der Waals surface area (Å²) in [4.78, 5) is 20.5. The summed E-state index contributed by atoms with van der Waals surface area (Å²) in [6.45, 7) is 9.08. The number of aromatic nitrogens is 1. The zero-order valence-electron chi connectivity index (χ0n) is 16.6. The first-order valence-electron chi connectivity index (χ1n) is 9.38. The molecule has 1 amide bonds. The second-order valence-electron chi connectivity index (χ2n) is 6.65. The van der Waals surface area contributed by atoms with E-state index in [1.165, 1.54) is 0 Å². The van der Waals surface area contributed by atoms with Crippen molar-refractivity contribution in [2.45, 2.75) is 33.6 Å². The zero-order valence-corrected chi connectivity index (χ0v) is 18.9. The standard InChI is InChI=1S/C19H33N5O2.HI/c1-4-21-19(24-13-16(7-11-25)12-15(2)3)23-10-9-22-18(26)17-6-5-8-20-14-17;/h5-6,8,14-16,25H,4,7,9-13H2,1-3H3,(H,22,26)(H2,21,23,24);1H. The highest BCUT2D eigenvalue weighted by atomic mass is 127. The molecule has 0 radical (unpaired) electrons. The number of hydrogen-bond donors (Lipinski definition) is 4. The fourth-order valence-electron chi connectivity index (χ4n) is 2.65. The van der Waals surface area contributed by atoms with Crippen LogP contribution in [0.25, 0.3) is 0 Å². The largest absolute Gasteiger partial charge is 0.396 e. The molecule has 0 aliphatic heterocycles. The van der Waals surface area contributed by atoms with Gasteiger partial charge in [0.25, 0.3) is 5.91 Å². The van der Waals surface area contributed by atoms with Gasteiger partial charge in [-0.15, -0.1) is 24.0 Å². The first kappa shape index (κ1) is 25.6. The summed E-state index contributed by atoms with van der Waals surface area (Å²) in [5.74, 6) is 1.55. The van der Waals surface area contributed by atoms with E-state index in [1.807, 2.05) is 6.92 Å². The molecule has 0 spiro atoms. The van der Waals surface area contributed by atoms with E-state index < -0.39 is 0 Å². The molecule has 0 aliphatic rings. The molecule has 1 aromatic rings. The molecule has 0 fully saturated rings. The summed E-state index contributed by atoms with van der Waals surface area (Å²) in [6.07, 6.45) is 5.00. The molecule has 1 rings (SSSR count). The van der Waals surface area contributed by atoms with E-state index in [1.54, 1.807) is 24.5 Å². The van der Waals surface area contributed by atoms with E-state index in [0.29, 0.717) is 37.0 Å². The Morgan fingerprint density at radius 1 is 1.26 bits per heavy atom. The maximum atomic E-state index is 12.0. The Bertz CT molecular complexity index is 540. The lowest BCUT2D eigenvalue weighted by Crippen LogP contribution is -2.41. The quantitative estimate of drug-likeness (QED) is 0.164. The van der Waals surface area contributed by atoms with Crippen LogP contribution in [0.2, 0.25) is 0 Å². The van der Waals surface area contributed by atoms with Crippen LogP contribution in [-0.2, 0) is 0 Å². The van der Waals surface area contributed by atoms with E-state index in [-0.39, 0.29) is 36.5 Å². The van der Waals surface area contributed by atoms with Gasteiger partial charge in [-0.2, -0.15) is 0 Å². The second-order valence-corrected chi connectivity index (χ2v) is 6.65. The lowest BCUT2D eigenvalue weighted by Gasteiger charge is -2.17. The Kier molecular flexibility index (Phi) is 14.8. The molecule has 8 heteroatoms. The summed E-state index contributed by atoms with van der Waals surface area (Å²) in [6, 6.07) is 3.47. The average Bonchev–Trinajstić information content (AvgIpc) is 2.63. The predicted octanol–water partition coefficient (Wildman–Crippen LogP) is 2.03. The van der Waals surface area contributed by atoms with Crippen LogP contribution >= 0.6 is 24.0 Å². The van der Waals surface area contributed by atoms with Gasteiger partial charge in [0.1, 0.15) is 0 Å². The summed E-state index contributed by atoms with van der Waals surface area (Å²) in [5.41, 5.74) is 0.550. The molecule has 7 nitrogen and oxygen atoms in total. The molecule has 0 saturated heterocycles. The Morgan fingerprint density at radius 2 is 2.00 bits per heavy atom. The van der Waals surface area contributed by atoms with Crippen LogP contribution < -0.4 is 16.0 Å². The minimum absolute atomic E-state index is 0. The van der Waals surface area contributed by atoms with Crippen molar-refractivity contribution >= 4 is 35.8 Å². The minimum atomic E-state index is -0.137. The molecule has 0 aromatic carbocycles. The van der Waals surface area contributed by atoms with Gasteiger partial charge in [-0.3, -0.25) is 14.8 Å². The monoisotopic (exact) mass is 491 g/mol. The van der Waals surface area contributed by atoms with Crippen molar-refractivity contribution in [1.82, 2.24) is 20.9 Å². The van der Waals surface area contributed by atoms with Gasteiger partial charge in [0, 0.05) is 45.2 Å². The maximum Gasteiger partial charge on any atom is 0.252 e. The molecule has 1 atom stereocenters. The highest BCUT2D eigenvalue weighted by Crippen LogP contribution is 2.15. The Hall–Kier alpha value is -1.42. The van der Waals surface area contributed by atoms with Crippen LogP contribution in [0, 0.1) is 11.8 Å². The molecule has 1 aromatic heterocycles. The third-order valence-electron chi connectivity index (χ3n) is 3.82. The highest BCUT2D eigenvalue weighted by molar-refractivity contribution is 14.0. The first-order chi connectivity index (χ1) is 12.6. The summed E-state index contributed by atoms with van der Waals surface area (Å²) in [7, 11) is 0. The first-order valence-corrected chi connectivity index (χ1v) is 9.38. The van der Waals surface area contributed by atoms with Crippen molar-refractivity contribution in [1.29, 1.82) is 0 Å². The number of aliphatic imine (C=N–C) groups is 1. The normalized spacial score (nSPS) is 12.3. The molecule has 0 bridgehead atoms. The number of carbonyl (C=O) groups excluding carboxylic acids is 1. The number of aliphatic hydroxyl groups is 1. The number of carbonyl (C=O) groups is 1. The van der Waals surface area contributed by atoms with Gasteiger partial charge in [-0.25, -0.2) is 0 Å². The van der Waals surface area contributed by atoms with Gasteiger partial charge in [0.05, 0.1) is 5.56 Å². The van der Waals surface area contributed by atoms with E-state index in [4.69, 9.17) is 0 Å². The van der Waals surface area contributed by atoms with Gasteiger partial charge in [0.2, 0.25) is 0 Å². The number of nitrogens with one attached hydrogen (secondary N) is 3. The number of guanidine groups is 1. The molecular formula is C19H34IN5O2. The smallest absolute Gasteiger partial charge is 0.252 e. The number of halogens is 1. The Balaban J connectivity index is 0.00000676. The van der Waals surface area contributed by atoms with E-state index in [9.17, 15) is 9.90 Å². The lowest BCUT2D eigenvalue weighted by atomic mass is 9.94. The van der Waals surface area contributed by atoms with Gasteiger partial charge < -0.3 is 21.1 Å². The van der Waals surface area contributed by atoms with Crippen LogP contribution in [-0.4, -0.2) is 54.7 Å². The summed E-state index contributed by atoms with van der Waals surface area (Å²) < 4.78 is 0. The molecule has 27 heavy (non-hydrogen) atoms. The van der Waals surface area contributed by atoms with Crippen molar-refractivity contribution in [3.05, 3.63) is 30.1 Å². The number of nitrogens with zero attached hydrogens (tertiary/aromatic N) is 2. The van der Waals surface area contributed by atoms with Crippen LogP contribution in [0.15, 0.2) is 29.5 Å². The zero-order chi connectivity index (χ0) is 19.2. The highest BCUT2D eigenvalue weighted by Gasteiger charge is 2.10. The lowest BCUT2D eigenvalue weighted by molar-refractivity contribution is 0.0954. The average molecular weight is 491 g/mol. The van der Waals surface area contributed by atoms with E-state index >= 15 is 0 Å². The number of pyridine rings is 1. The third kappa shape index (κ3) is 11.8. The van der Waals surface area contributed by atoms with E-state index in [0.717, 1.165) is 25.3 Å². The fraction of sp³-hybridized carbons (Fsp3) is 0.632. The Morgan fingerprint density at radius 3 is 2.59 bits per heavy atom. The molecule has 154 valence electrons. The van der Waals surface area contributed by atoms with Crippen molar-refractivity contribution < 1.29 is 9.90 Å². The van der Waals surface area contributed by atoms with Gasteiger partial charge >= 0.3 is 0 Å². The van der Waals surface area contributed by atoms with Crippen molar-refractivity contribution in [2.24, 2.45) is 16.8 Å². The van der Waals surface area contributed by atoms with Crippen LogP contribution in [0.3, 0.4) is 0 Å². The topological polar surface area (TPSA) is 98.6 Å². The van der Waals surface area contributed by atoms with Gasteiger partial charge in [-0.05, 0) is 43.7 Å². The second kappa shape index (κ2) is 15.6. The van der Waals surface area contributed by atoms with Crippen LogP contribution in [0.4, 0.5) is 0 Å². The van der Waals surface area contributed by atoms with Crippen molar-refractivity contribution in [3.63, 3.8) is 0 Å². The number of aliphatic hydroxyl groups excluding tert-OH is 1. The van der Waals surface area contributed by atoms with Gasteiger partial charge in [-0.1, -0.05) is 13.8 Å². The van der Waals surface area contributed by atoms with Gasteiger partial charge in [0.15, 0.2) is 5.96 Å². The Labute approximate surface area is 179 Å². The van der Waals surface area contributed by atoms with Crippen molar-refractivity contribution in [3.8, 4) is 0 Å². The molecule has 4 N–H and O–H groups in total. The molecular weight excluding hydrogens is 457 g/mol. The number of rotatable bonds is 11. The molecule has 0 aliphatic carbocycles. The third-order valence-corrected chi connectivity index (χ3v) is 3.82. The number of hydrogen-bond acceptors (Lipinski definition) is 4. The molecule has 0 saturated carbocycles. The van der Waals surface area contributed by atoms with E-state index in [2.05, 4.69) is 39.8 Å². The summed E-state index contributed by atoms with van der Waals surface area (Å²) in [5, 5.41) is 18.5. The number of amides is 1. The predicted molar refractivity (Wildman–Crippen MR) is 121 cm³/mol. The maximum absolute atomic E-state index is 12.0.